The molecule has 0 unspecified atom stereocenters. The molecular weight excluding hydrogens is 232 g/mol. The number of nitrogens with zero attached hydrogens (tertiary/aromatic N) is 1. The summed E-state index contributed by atoms with van der Waals surface area (Å²) in [7, 11) is 0. The maximum Gasteiger partial charge on any atom is 0.0991 e. The van der Waals surface area contributed by atoms with Gasteiger partial charge in [-0.25, -0.2) is 0 Å². The van der Waals surface area contributed by atoms with Crippen molar-refractivity contribution in [2.24, 2.45) is 5.92 Å². The lowest BCUT2D eigenvalue weighted by atomic mass is 9.98. The average molecular weight is 256 g/mol. The molecule has 0 heterocycles. The Morgan fingerprint density at radius 1 is 1.26 bits per heavy atom. The highest BCUT2D eigenvalue weighted by Crippen LogP contribution is 2.16. The molecule has 102 valence electrons. The molecule has 0 radical (unpaired) electrons. The zero-order chi connectivity index (χ0) is 14.5. The van der Waals surface area contributed by atoms with Crippen molar-refractivity contribution >= 4 is 6.08 Å². The molecule has 1 aromatic rings. The molecule has 0 aliphatic carbocycles. The highest BCUT2D eigenvalue weighted by atomic mass is 14.9. The molecule has 0 saturated heterocycles. The highest BCUT2D eigenvalue weighted by Gasteiger charge is 2.11. The molecular formula is C17H24N2. The van der Waals surface area contributed by atoms with Gasteiger partial charge in [-0.2, -0.15) is 5.26 Å². The van der Waals surface area contributed by atoms with Crippen LogP contribution in [0.15, 0.2) is 29.8 Å². The van der Waals surface area contributed by atoms with E-state index < -0.39 is 0 Å². The van der Waals surface area contributed by atoms with E-state index in [2.05, 4.69) is 52.1 Å². The summed E-state index contributed by atoms with van der Waals surface area (Å²) in [5.74, 6) is 0.505. The molecule has 19 heavy (non-hydrogen) atoms. The molecule has 0 fully saturated rings. The number of hydrogen-bond donors (Lipinski definition) is 1. The Bertz CT molecular complexity index is 467. The first-order valence-corrected chi connectivity index (χ1v) is 6.77. The van der Waals surface area contributed by atoms with E-state index in [1.165, 1.54) is 5.57 Å². The smallest absolute Gasteiger partial charge is 0.0991 e. The third-order valence-corrected chi connectivity index (χ3v) is 2.96. The van der Waals surface area contributed by atoms with Crippen LogP contribution in [0.4, 0.5) is 0 Å². The number of nitrogens with one attached hydrogen (secondary N) is 1. The van der Waals surface area contributed by atoms with Crippen molar-refractivity contribution < 1.29 is 0 Å². The molecule has 1 rings (SSSR count). The van der Waals surface area contributed by atoms with Crippen LogP contribution in [-0.4, -0.2) is 12.1 Å². The summed E-state index contributed by atoms with van der Waals surface area (Å²) in [6.45, 7) is 11.8. The van der Waals surface area contributed by atoms with Gasteiger partial charge in [-0.15, -0.1) is 0 Å². The van der Waals surface area contributed by atoms with E-state index in [9.17, 15) is 0 Å². The number of rotatable bonds is 4. The Kier molecular flexibility index (Phi) is 5.32. The van der Waals surface area contributed by atoms with Crippen LogP contribution < -0.4 is 5.32 Å². The van der Waals surface area contributed by atoms with Crippen molar-refractivity contribution in [1.29, 1.82) is 5.26 Å². The summed E-state index contributed by atoms with van der Waals surface area (Å²) in [5.41, 5.74) is 3.35. The molecule has 1 aromatic carbocycles. The minimum atomic E-state index is 0.124. The van der Waals surface area contributed by atoms with Gasteiger partial charge in [0.15, 0.2) is 0 Å². The Morgan fingerprint density at radius 2 is 1.84 bits per heavy atom. The first-order valence-electron chi connectivity index (χ1n) is 6.77. The molecule has 0 atom stereocenters. The summed E-state index contributed by atoms with van der Waals surface area (Å²) >= 11 is 0. The topological polar surface area (TPSA) is 35.8 Å². The molecule has 2 heteroatoms. The predicted molar refractivity (Wildman–Crippen MR) is 81.7 cm³/mol. The monoisotopic (exact) mass is 256 g/mol. The van der Waals surface area contributed by atoms with Crippen LogP contribution in [0.25, 0.3) is 6.08 Å². The Morgan fingerprint density at radius 3 is 2.26 bits per heavy atom. The van der Waals surface area contributed by atoms with Gasteiger partial charge in [0.1, 0.15) is 0 Å². The van der Waals surface area contributed by atoms with Gasteiger partial charge in [0.25, 0.3) is 0 Å². The maximum absolute atomic E-state index is 8.80. The van der Waals surface area contributed by atoms with Crippen molar-refractivity contribution in [1.82, 2.24) is 5.32 Å². The van der Waals surface area contributed by atoms with Crippen molar-refractivity contribution in [2.45, 2.75) is 40.2 Å². The van der Waals surface area contributed by atoms with E-state index >= 15 is 0 Å². The number of hydrogen-bond acceptors (Lipinski definition) is 2. The molecule has 0 spiro atoms. The lowest BCUT2D eigenvalue weighted by Gasteiger charge is -2.23. The summed E-state index contributed by atoms with van der Waals surface area (Å²) in [6, 6.07) is 9.86. The largest absolute Gasteiger partial charge is 0.308 e. The van der Waals surface area contributed by atoms with Gasteiger partial charge in [-0.05, 0) is 44.4 Å². The van der Waals surface area contributed by atoms with Gasteiger partial charge in [0.2, 0.25) is 0 Å². The number of nitriles is 1. The van der Waals surface area contributed by atoms with Crippen molar-refractivity contribution in [2.75, 3.05) is 6.54 Å². The fourth-order valence-electron chi connectivity index (χ4n) is 1.66. The summed E-state index contributed by atoms with van der Waals surface area (Å²) in [5, 5.41) is 12.3. The van der Waals surface area contributed by atoms with Gasteiger partial charge in [0, 0.05) is 12.1 Å². The van der Waals surface area contributed by atoms with E-state index in [0.29, 0.717) is 11.5 Å². The molecule has 0 aromatic heterocycles. The van der Waals surface area contributed by atoms with E-state index in [4.69, 9.17) is 5.26 Å². The molecule has 0 amide bonds. The van der Waals surface area contributed by atoms with Crippen LogP contribution in [0, 0.1) is 17.2 Å². The summed E-state index contributed by atoms with van der Waals surface area (Å²) < 4.78 is 0. The van der Waals surface area contributed by atoms with Crippen molar-refractivity contribution in [3.63, 3.8) is 0 Å². The van der Waals surface area contributed by atoms with Crippen LogP contribution in [0.1, 0.15) is 45.7 Å². The quantitative estimate of drug-likeness (QED) is 0.884. The number of benzene rings is 1. The third-order valence-electron chi connectivity index (χ3n) is 2.96. The van der Waals surface area contributed by atoms with Crippen molar-refractivity contribution in [3.05, 3.63) is 41.0 Å². The average Bonchev–Trinajstić information content (AvgIpc) is 2.33. The lowest BCUT2D eigenvalue weighted by molar-refractivity contribution is 0.437. The van der Waals surface area contributed by atoms with Crippen molar-refractivity contribution in [3.8, 4) is 6.07 Å². The molecule has 0 bridgehead atoms. The second-order valence-corrected chi connectivity index (χ2v) is 6.21. The van der Waals surface area contributed by atoms with Gasteiger partial charge >= 0.3 is 0 Å². The first-order chi connectivity index (χ1) is 8.81. The maximum atomic E-state index is 8.80. The standard InChI is InChI=1S/C17H24N2/c1-13(2)16(12-19-17(3,4)5)10-14-6-8-15(11-18)9-7-14/h6-10,13,19H,12H2,1-5H3. The van der Waals surface area contributed by atoms with Crippen LogP contribution in [0.2, 0.25) is 0 Å². The Hall–Kier alpha value is -1.59. The van der Waals surface area contributed by atoms with Crippen LogP contribution in [0.5, 0.6) is 0 Å². The minimum Gasteiger partial charge on any atom is -0.308 e. The van der Waals surface area contributed by atoms with E-state index in [1.54, 1.807) is 0 Å². The lowest BCUT2D eigenvalue weighted by Crippen LogP contribution is -2.37. The van der Waals surface area contributed by atoms with Gasteiger partial charge in [-0.1, -0.05) is 37.6 Å². The second kappa shape index (κ2) is 6.54. The Labute approximate surface area is 117 Å². The van der Waals surface area contributed by atoms with Crippen LogP contribution in [-0.2, 0) is 0 Å². The molecule has 0 aliphatic rings. The van der Waals surface area contributed by atoms with E-state index in [-0.39, 0.29) is 5.54 Å². The Balaban J connectivity index is 2.85. The second-order valence-electron chi connectivity index (χ2n) is 6.21. The van der Waals surface area contributed by atoms with E-state index in [1.807, 2.05) is 24.3 Å². The zero-order valence-corrected chi connectivity index (χ0v) is 12.6. The predicted octanol–water partition coefficient (Wildman–Crippen LogP) is 3.99. The van der Waals surface area contributed by atoms with Crippen LogP contribution >= 0.6 is 0 Å². The van der Waals surface area contributed by atoms with Crippen LogP contribution in [0.3, 0.4) is 0 Å². The molecule has 1 N–H and O–H groups in total. The van der Waals surface area contributed by atoms with Gasteiger partial charge < -0.3 is 5.32 Å². The summed E-state index contributed by atoms with van der Waals surface area (Å²) in [4.78, 5) is 0. The molecule has 0 saturated carbocycles. The normalized spacial score (nSPS) is 12.6. The first kappa shape index (κ1) is 15.5. The zero-order valence-electron chi connectivity index (χ0n) is 12.6. The summed E-state index contributed by atoms with van der Waals surface area (Å²) in [6.07, 6.45) is 2.21. The highest BCUT2D eigenvalue weighted by molar-refractivity contribution is 5.55. The third kappa shape index (κ3) is 5.72. The molecule has 2 nitrogen and oxygen atoms in total. The fourth-order valence-corrected chi connectivity index (χ4v) is 1.66. The SMILES string of the molecule is CC(C)C(=Cc1ccc(C#N)cc1)CNC(C)(C)C. The molecule has 0 aliphatic heterocycles. The minimum absolute atomic E-state index is 0.124. The van der Waals surface area contributed by atoms with Gasteiger partial charge in [0.05, 0.1) is 11.6 Å². The van der Waals surface area contributed by atoms with Gasteiger partial charge in [-0.3, -0.25) is 0 Å². The van der Waals surface area contributed by atoms with E-state index in [0.717, 1.165) is 12.1 Å². The fraction of sp³-hybridized carbons (Fsp3) is 0.471.